The van der Waals surface area contributed by atoms with Crippen LogP contribution in [0.1, 0.15) is 0 Å². The number of methoxy groups -OCH3 is 1. The first-order valence-corrected chi connectivity index (χ1v) is 5.08. The van der Waals surface area contributed by atoms with Crippen LogP contribution in [0, 0.1) is 0 Å². The van der Waals surface area contributed by atoms with Gasteiger partial charge in [-0.15, -0.1) is 0 Å². The Bertz CT molecular complexity index is 360. The van der Waals surface area contributed by atoms with Crippen molar-refractivity contribution in [2.45, 2.75) is 6.10 Å². The van der Waals surface area contributed by atoms with E-state index in [1.54, 1.807) is 31.4 Å². The van der Waals surface area contributed by atoms with Crippen molar-refractivity contribution in [1.82, 2.24) is 5.32 Å². The molecule has 2 N–H and O–H groups in total. The van der Waals surface area contributed by atoms with Crippen LogP contribution >= 0.6 is 0 Å². The van der Waals surface area contributed by atoms with E-state index in [0.29, 0.717) is 6.54 Å². The molecule has 2 rings (SSSR count). The molecule has 5 nitrogen and oxygen atoms in total. The zero-order chi connectivity index (χ0) is 11.4. The van der Waals surface area contributed by atoms with Crippen molar-refractivity contribution in [2.24, 2.45) is 0 Å². The standard InChI is InChI=1S/C11H14N2O3/c1-15-9-4-2-8(3-5-9)13-11(14)12-6-10-7-16-10/h2-5,10H,6-7H2,1H3,(H2,12,13,14)/t10-/m0/s1. The molecule has 0 aromatic heterocycles. The van der Waals surface area contributed by atoms with Crippen molar-refractivity contribution in [2.75, 3.05) is 25.6 Å². The topological polar surface area (TPSA) is 62.9 Å². The summed E-state index contributed by atoms with van der Waals surface area (Å²) in [6, 6.07) is 6.93. The molecule has 1 heterocycles. The SMILES string of the molecule is COc1ccc(NC(=O)NC[C@H]2CO2)cc1. The quantitative estimate of drug-likeness (QED) is 0.753. The summed E-state index contributed by atoms with van der Waals surface area (Å²) in [7, 11) is 1.60. The van der Waals surface area contributed by atoms with Crippen LogP contribution in [0.3, 0.4) is 0 Å². The normalized spacial score (nSPS) is 17.7. The molecule has 1 aromatic carbocycles. The number of amides is 2. The molecule has 2 amide bonds. The van der Waals surface area contributed by atoms with E-state index in [9.17, 15) is 4.79 Å². The molecule has 1 aliphatic rings. The number of rotatable bonds is 4. The van der Waals surface area contributed by atoms with Crippen LogP contribution in [-0.4, -0.2) is 32.4 Å². The van der Waals surface area contributed by atoms with Gasteiger partial charge in [0.05, 0.1) is 19.8 Å². The van der Waals surface area contributed by atoms with Crippen molar-refractivity contribution < 1.29 is 14.3 Å². The summed E-state index contributed by atoms with van der Waals surface area (Å²) in [5.41, 5.74) is 0.731. The fourth-order valence-electron chi connectivity index (χ4n) is 1.24. The van der Waals surface area contributed by atoms with Gasteiger partial charge in [0.15, 0.2) is 0 Å². The first-order valence-electron chi connectivity index (χ1n) is 5.08. The van der Waals surface area contributed by atoms with Gasteiger partial charge >= 0.3 is 6.03 Å². The number of urea groups is 1. The number of hydrogen-bond donors (Lipinski definition) is 2. The highest BCUT2D eigenvalue weighted by Crippen LogP contribution is 2.14. The second kappa shape index (κ2) is 4.85. The molecule has 86 valence electrons. The molecular formula is C11H14N2O3. The Balaban J connectivity index is 1.79. The maximum atomic E-state index is 11.4. The van der Waals surface area contributed by atoms with E-state index in [0.717, 1.165) is 18.0 Å². The number of epoxide rings is 1. The lowest BCUT2D eigenvalue weighted by Gasteiger charge is -2.06. The molecule has 0 bridgehead atoms. The number of carbonyl (C=O) groups excluding carboxylic acids is 1. The predicted octanol–water partition coefficient (Wildman–Crippen LogP) is 1.22. The average molecular weight is 222 g/mol. The molecule has 1 aromatic rings. The van der Waals surface area contributed by atoms with E-state index >= 15 is 0 Å². The Morgan fingerprint density at radius 1 is 1.50 bits per heavy atom. The summed E-state index contributed by atoms with van der Waals surface area (Å²) in [4.78, 5) is 11.4. The number of ether oxygens (including phenoxy) is 2. The lowest BCUT2D eigenvalue weighted by molar-refractivity contribution is 0.250. The Morgan fingerprint density at radius 2 is 2.19 bits per heavy atom. The van der Waals surface area contributed by atoms with E-state index in [1.165, 1.54) is 0 Å². The third kappa shape index (κ3) is 3.13. The number of benzene rings is 1. The van der Waals surface area contributed by atoms with Crippen LogP contribution in [0.25, 0.3) is 0 Å². The third-order valence-electron chi connectivity index (χ3n) is 2.24. The van der Waals surface area contributed by atoms with E-state index in [2.05, 4.69) is 10.6 Å². The van der Waals surface area contributed by atoms with Gasteiger partial charge in [-0.1, -0.05) is 0 Å². The summed E-state index contributed by atoms with van der Waals surface area (Å²) in [5.74, 6) is 0.761. The number of anilines is 1. The van der Waals surface area contributed by atoms with Gasteiger partial charge in [0.25, 0.3) is 0 Å². The van der Waals surface area contributed by atoms with Crippen molar-refractivity contribution >= 4 is 11.7 Å². The minimum Gasteiger partial charge on any atom is -0.497 e. The minimum atomic E-state index is -0.222. The lowest BCUT2D eigenvalue weighted by Crippen LogP contribution is -2.31. The zero-order valence-electron chi connectivity index (χ0n) is 9.03. The van der Waals surface area contributed by atoms with Gasteiger partial charge in [-0.2, -0.15) is 0 Å². The Labute approximate surface area is 93.7 Å². The smallest absolute Gasteiger partial charge is 0.319 e. The molecule has 1 saturated heterocycles. The van der Waals surface area contributed by atoms with Gasteiger partial charge in [0.1, 0.15) is 5.75 Å². The molecule has 0 saturated carbocycles. The first-order chi connectivity index (χ1) is 7.78. The molecule has 1 aliphatic heterocycles. The second-order valence-electron chi connectivity index (χ2n) is 3.52. The first kappa shape index (κ1) is 10.8. The van der Waals surface area contributed by atoms with E-state index in [-0.39, 0.29) is 12.1 Å². The Kier molecular flexibility index (Phi) is 3.26. The molecule has 0 aliphatic carbocycles. The van der Waals surface area contributed by atoms with Gasteiger partial charge in [0, 0.05) is 12.2 Å². The van der Waals surface area contributed by atoms with Crippen molar-refractivity contribution in [3.05, 3.63) is 24.3 Å². The highest BCUT2D eigenvalue weighted by molar-refractivity contribution is 5.89. The summed E-state index contributed by atoms with van der Waals surface area (Å²) < 4.78 is 10.00. The fourth-order valence-corrected chi connectivity index (χ4v) is 1.24. The maximum absolute atomic E-state index is 11.4. The van der Waals surface area contributed by atoms with E-state index < -0.39 is 0 Å². The van der Waals surface area contributed by atoms with Gasteiger partial charge in [0.2, 0.25) is 0 Å². The Morgan fingerprint density at radius 3 is 2.75 bits per heavy atom. The van der Waals surface area contributed by atoms with Crippen molar-refractivity contribution in [3.8, 4) is 5.75 Å². The number of hydrogen-bond acceptors (Lipinski definition) is 3. The fraction of sp³-hybridized carbons (Fsp3) is 0.364. The molecule has 0 spiro atoms. The van der Waals surface area contributed by atoms with Gasteiger partial charge in [-0.25, -0.2) is 4.79 Å². The summed E-state index contributed by atoms with van der Waals surface area (Å²) >= 11 is 0. The van der Waals surface area contributed by atoms with Crippen LogP contribution < -0.4 is 15.4 Å². The van der Waals surface area contributed by atoms with Gasteiger partial charge in [-0.3, -0.25) is 0 Å². The molecular weight excluding hydrogens is 208 g/mol. The van der Waals surface area contributed by atoms with E-state index in [1.807, 2.05) is 0 Å². The van der Waals surface area contributed by atoms with Crippen LogP contribution in [-0.2, 0) is 4.74 Å². The van der Waals surface area contributed by atoms with Crippen LogP contribution in [0.4, 0.5) is 10.5 Å². The second-order valence-corrected chi connectivity index (χ2v) is 3.52. The molecule has 16 heavy (non-hydrogen) atoms. The molecule has 0 unspecified atom stereocenters. The average Bonchev–Trinajstić information content (AvgIpc) is 3.11. The largest absolute Gasteiger partial charge is 0.497 e. The van der Waals surface area contributed by atoms with Crippen molar-refractivity contribution in [3.63, 3.8) is 0 Å². The lowest BCUT2D eigenvalue weighted by atomic mass is 10.3. The van der Waals surface area contributed by atoms with Crippen LogP contribution in [0.2, 0.25) is 0 Å². The zero-order valence-corrected chi connectivity index (χ0v) is 9.03. The van der Waals surface area contributed by atoms with E-state index in [4.69, 9.17) is 9.47 Å². The molecule has 1 fully saturated rings. The maximum Gasteiger partial charge on any atom is 0.319 e. The molecule has 1 atom stereocenters. The minimum absolute atomic E-state index is 0.196. The number of carbonyl (C=O) groups is 1. The molecule has 0 radical (unpaired) electrons. The van der Waals surface area contributed by atoms with Gasteiger partial charge in [-0.05, 0) is 24.3 Å². The third-order valence-corrected chi connectivity index (χ3v) is 2.24. The van der Waals surface area contributed by atoms with Gasteiger partial charge < -0.3 is 20.1 Å². The predicted molar refractivity (Wildman–Crippen MR) is 59.8 cm³/mol. The van der Waals surface area contributed by atoms with Crippen LogP contribution in [0.5, 0.6) is 5.75 Å². The Hall–Kier alpha value is -1.75. The summed E-state index contributed by atoms with van der Waals surface area (Å²) in [6.07, 6.45) is 0.196. The number of nitrogens with one attached hydrogen (secondary N) is 2. The monoisotopic (exact) mass is 222 g/mol. The highest BCUT2D eigenvalue weighted by Gasteiger charge is 2.22. The molecule has 5 heteroatoms. The summed E-state index contributed by atoms with van der Waals surface area (Å²) in [6.45, 7) is 1.30. The van der Waals surface area contributed by atoms with Crippen LogP contribution in [0.15, 0.2) is 24.3 Å². The summed E-state index contributed by atoms with van der Waals surface area (Å²) in [5, 5.41) is 5.43. The highest BCUT2D eigenvalue weighted by atomic mass is 16.6. The van der Waals surface area contributed by atoms with Crippen molar-refractivity contribution in [1.29, 1.82) is 0 Å².